The first kappa shape index (κ1) is 35.1. The van der Waals surface area contributed by atoms with E-state index in [4.69, 9.17) is 9.97 Å². The predicted molar refractivity (Wildman–Crippen MR) is 252 cm³/mol. The number of anilines is 6. The third kappa shape index (κ3) is 6.02. The van der Waals surface area contributed by atoms with E-state index in [0.29, 0.717) is 0 Å². The smallest absolute Gasteiger partial charge is 0.138 e. The molecule has 0 atom stereocenters. The highest BCUT2D eigenvalue weighted by atomic mass is 15.2. The number of benzene rings is 9. The van der Waals surface area contributed by atoms with Crippen molar-refractivity contribution in [3.63, 3.8) is 0 Å². The van der Waals surface area contributed by atoms with E-state index in [1.165, 1.54) is 21.5 Å². The molecule has 0 saturated carbocycles. The Labute approximate surface area is 348 Å². The Morgan fingerprint density at radius 2 is 0.517 bits per heavy atom. The third-order valence-corrected chi connectivity index (χ3v) is 11.4. The number of rotatable bonds is 8. The van der Waals surface area contributed by atoms with Gasteiger partial charge in [-0.3, -0.25) is 9.80 Å². The topological polar surface area (TPSA) is 32.3 Å². The van der Waals surface area contributed by atoms with E-state index in [1.54, 1.807) is 0 Å². The molecule has 60 heavy (non-hydrogen) atoms. The van der Waals surface area contributed by atoms with Crippen LogP contribution in [0.3, 0.4) is 0 Å². The number of pyridine rings is 2. The van der Waals surface area contributed by atoms with Gasteiger partial charge in [0, 0.05) is 44.6 Å². The zero-order chi connectivity index (χ0) is 39.8. The van der Waals surface area contributed by atoms with Crippen molar-refractivity contribution in [2.24, 2.45) is 0 Å². The van der Waals surface area contributed by atoms with Crippen LogP contribution in [0.15, 0.2) is 231 Å². The van der Waals surface area contributed by atoms with Gasteiger partial charge < -0.3 is 0 Å². The van der Waals surface area contributed by atoms with Gasteiger partial charge in [-0.25, -0.2) is 9.97 Å². The molecule has 282 valence electrons. The highest BCUT2D eigenvalue weighted by Gasteiger charge is 2.24. The van der Waals surface area contributed by atoms with Gasteiger partial charge in [0.2, 0.25) is 0 Å². The largest absolute Gasteiger partial charge is 0.295 e. The van der Waals surface area contributed by atoms with Crippen molar-refractivity contribution < 1.29 is 0 Å². The molecule has 0 saturated heterocycles. The van der Waals surface area contributed by atoms with Crippen molar-refractivity contribution >= 4 is 77.5 Å². The molecule has 0 bridgehead atoms. The predicted octanol–water partition coefficient (Wildman–Crippen LogP) is 15.4. The molecule has 4 heteroatoms. The molecular weight excluding hydrogens is 729 g/mol. The summed E-state index contributed by atoms with van der Waals surface area (Å²) in [5.41, 5.74) is 8.17. The lowest BCUT2D eigenvalue weighted by Crippen LogP contribution is -2.12. The van der Waals surface area contributed by atoms with Gasteiger partial charge in [0.25, 0.3) is 0 Å². The van der Waals surface area contributed by atoms with E-state index in [9.17, 15) is 0 Å². The lowest BCUT2D eigenvalue weighted by atomic mass is 9.83. The molecule has 0 radical (unpaired) electrons. The van der Waals surface area contributed by atoms with E-state index < -0.39 is 0 Å². The average molecular weight is 767 g/mol. The Morgan fingerprint density at radius 1 is 0.233 bits per heavy atom. The summed E-state index contributed by atoms with van der Waals surface area (Å²) in [5.74, 6) is 1.68. The van der Waals surface area contributed by atoms with Crippen LogP contribution in [-0.4, -0.2) is 9.97 Å². The normalized spacial score (nSPS) is 11.3. The summed E-state index contributed by atoms with van der Waals surface area (Å²) in [6.45, 7) is 0. The van der Waals surface area contributed by atoms with Gasteiger partial charge in [-0.15, -0.1) is 0 Å². The number of fused-ring (bicyclic) bond motifs is 7. The Balaban J connectivity index is 1.24. The molecule has 0 fully saturated rings. The summed E-state index contributed by atoms with van der Waals surface area (Å²) in [6, 6.07) is 81.2. The van der Waals surface area contributed by atoms with Crippen LogP contribution in [0.2, 0.25) is 0 Å². The second kappa shape index (κ2) is 15.0. The summed E-state index contributed by atoms with van der Waals surface area (Å²) in [6.07, 6.45) is 0. The SMILES string of the molecule is c1ccc(N(c2ccccc2)c2cccc(-c3c4ccccc4c(-c4cccc(N(c5ccccc5)c5ccccc5)n4)c4c5ccccc5c5ccccc5c34)n2)cc1. The van der Waals surface area contributed by atoms with Gasteiger partial charge in [-0.2, -0.15) is 0 Å². The molecule has 0 spiro atoms. The molecule has 0 amide bonds. The Kier molecular flexibility index (Phi) is 8.79. The number of hydrogen-bond donors (Lipinski definition) is 0. The average Bonchev–Trinajstić information content (AvgIpc) is 3.32. The van der Waals surface area contributed by atoms with Crippen molar-refractivity contribution in [2.45, 2.75) is 0 Å². The van der Waals surface area contributed by atoms with Gasteiger partial charge in [0.1, 0.15) is 11.6 Å². The van der Waals surface area contributed by atoms with Crippen molar-refractivity contribution in [2.75, 3.05) is 9.80 Å². The zero-order valence-electron chi connectivity index (χ0n) is 32.7. The molecular formula is C56H38N4. The fourth-order valence-corrected chi connectivity index (χ4v) is 8.89. The minimum absolute atomic E-state index is 0.840. The van der Waals surface area contributed by atoms with Crippen LogP contribution in [0.25, 0.3) is 65.6 Å². The van der Waals surface area contributed by atoms with Gasteiger partial charge in [-0.05, 0) is 105 Å². The van der Waals surface area contributed by atoms with Crippen molar-refractivity contribution in [1.82, 2.24) is 9.97 Å². The van der Waals surface area contributed by atoms with Crippen molar-refractivity contribution in [1.29, 1.82) is 0 Å². The highest BCUT2D eigenvalue weighted by molar-refractivity contribution is 6.36. The summed E-state index contributed by atoms with van der Waals surface area (Å²) in [7, 11) is 0. The first-order chi connectivity index (χ1) is 29.8. The summed E-state index contributed by atoms with van der Waals surface area (Å²) < 4.78 is 0. The zero-order valence-corrected chi connectivity index (χ0v) is 32.7. The number of hydrogen-bond acceptors (Lipinski definition) is 4. The molecule has 0 aliphatic rings. The van der Waals surface area contributed by atoms with Crippen LogP contribution in [0.4, 0.5) is 34.4 Å². The monoisotopic (exact) mass is 766 g/mol. The van der Waals surface area contributed by atoms with Gasteiger partial charge in [0.15, 0.2) is 0 Å². The maximum absolute atomic E-state index is 5.59. The minimum atomic E-state index is 0.840. The van der Waals surface area contributed by atoms with Crippen LogP contribution in [-0.2, 0) is 0 Å². The van der Waals surface area contributed by atoms with Crippen molar-refractivity contribution in [3.05, 3.63) is 231 Å². The summed E-state index contributed by atoms with van der Waals surface area (Å²) in [5, 5.41) is 9.31. The maximum Gasteiger partial charge on any atom is 0.138 e. The fourth-order valence-electron chi connectivity index (χ4n) is 8.89. The molecule has 0 aliphatic heterocycles. The number of aromatic nitrogens is 2. The van der Waals surface area contributed by atoms with Gasteiger partial charge in [-0.1, -0.05) is 158 Å². The molecule has 11 aromatic rings. The van der Waals surface area contributed by atoms with E-state index in [-0.39, 0.29) is 0 Å². The van der Waals surface area contributed by atoms with Gasteiger partial charge in [0.05, 0.1) is 11.4 Å². The van der Waals surface area contributed by atoms with Crippen LogP contribution in [0.5, 0.6) is 0 Å². The van der Waals surface area contributed by atoms with E-state index in [2.05, 4.69) is 240 Å². The van der Waals surface area contributed by atoms with E-state index in [1.807, 2.05) is 0 Å². The Morgan fingerprint density at radius 3 is 0.850 bits per heavy atom. The number of nitrogens with zero attached hydrogens (tertiary/aromatic N) is 4. The van der Waals surface area contributed by atoms with Crippen molar-refractivity contribution in [3.8, 4) is 22.5 Å². The minimum Gasteiger partial charge on any atom is -0.295 e. The third-order valence-electron chi connectivity index (χ3n) is 11.4. The van der Waals surface area contributed by atoms with E-state index in [0.717, 1.165) is 78.4 Å². The molecule has 0 N–H and O–H groups in total. The second-order valence-corrected chi connectivity index (χ2v) is 14.9. The number of para-hydroxylation sites is 4. The van der Waals surface area contributed by atoms with Crippen LogP contribution < -0.4 is 9.80 Å². The molecule has 0 unspecified atom stereocenters. The van der Waals surface area contributed by atoms with Crippen LogP contribution in [0, 0.1) is 0 Å². The molecule has 11 rings (SSSR count). The summed E-state index contributed by atoms with van der Waals surface area (Å²) in [4.78, 5) is 15.7. The fraction of sp³-hybridized carbons (Fsp3) is 0. The molecule has 4 nitrogen and oxygen atoms in total. The molecule has 0 aliphatic carbocycles. The Hall–Kier alpha value is -8.08. The first-order valence-electron chi connectivity index (χ1n) is 20.3. The molecule has 2 heterocycles. The van der Waals surface area contributed by atoms with Crippen LogP contribution >= 0.6 is 0 Å². The standard InChI is InChI=1S/C56H38N4/c1-5-21-39(22-6-1)59(40-23-7-2-8-24-40)51-37-19-35-49(57-51)53-47-33-17-18-34-48(47)54(56-46-32-16-14-30-44(46)43-29-13-15-31-45(43)55(53)56)50-36-20-38-52(58-50)60(41-25-9-3-10-26-41)42-27-11-4-12-28-42/h1-38H. The highest BCUT2D eigenvalue weighted by Crippen LogP contribution is 2.50. The van der Waals surface area contributed by atoms with Crippen LogP contribution in [0.1, 0.15) is 0 Å². The lowest BCUT2D eigenvalue weighted by Gasteiger charge is -2.26. The second-order valence-electron chi connectivity index (χ2n) is 14.9. The Bertz CT molecular complexity index is 3010. The first-order valence-corrected chi connectivity index (χ1v) is 20.3. The molecule has 2 aromatic heterocycles. The lowest BCUT2D eigenvalue weighted by molar-refractivity contribution is 1.18. The van der Waals surface area contributed by atoms with Gasteiger partial charge >= 0.3 is 0 Å². The quantitative estimate of drug-likeness (QED) is 0.114. The summed E-state index contributed by atoms with van der Waals surface area (Å²) >= 11 is 0. The maximum atomic E-state index is 5.59. The molecule has 9 aromatic carbocycles. The van der Waals surface area contributed by atoms with E-state index >= 15 is 0 Å².